The molecular weight excluding hydrogens is 218 g/mol. The van der Waals surface area contributed by atoms with Gasteiger partial charge in [-0.05, 0) is 6.07 Å². The monoisotopic (exact) mass is 229 g/mol. The Morgan fingerprint density at radius 1 is 1.12 bits per heavy atom. The Balaban J connectivity index is 2.39. The molecule has 0 saturated heterocycles. The van der Waals surface area contributed by atoms with Gasteiger partial charge >= 0.3 is 0 Å². The molecule has 0 unspecified atom stereocenters. The van der Waals surface area contributed by atoms with Gasteiger partial charge in [0, 0.05) is 24.5 Å². The molecule has 17 heavy (non-hydrogen) atoms. The van der Waals surface area contributed by atoms with Gasteiger partial charge in [0.2, 0.25) is 0 Å². The van der Waals surface area contributed by atoms with Gasteiger partial charge in [-0.15, -0.1) is 0 Å². The SMILES string of the molecule is O=[N+]([O-])c1cc2c(c3ccccc13)NCCN2. The number of non-ortho nitro benzene ring substituents is 1. The van der Waals surface area contributed by atoms with E-state index in [0.717, 1.165) is 29.9 Å². The van der Waals surface area contributed by atoms with Crippen molar-refractivity contribution in [1.29, 1.82) is 0 Å². The summed E-state index contributed by atoms with van der Waals surface area (Å²) in [6.07, 6.45) is 0. The third-order valence-corrected chi connectivity index (χ3v) is 2.96. The van der Waals surface area contributed by atoms with Crippen LogP contribution >= 0.6 is 0 Å². The summed E-state index contributed by atoms with van der Waals surface area (Å²) in [6, 6.07) is 9.00. The minimum Gasteiger partial charge on any atom is -0.381 e. The number of benzene rings is 2. The van der Waals surface area contributed by atoms with Crippen molar-refractivity contribution in [3.8, 4) is 0 Å². The van der Waals surface area contributed by atoms with E-state index in [9.17, 15) is 10.1 Å². The first kappa shape index (κ1) is 9.89. The van der Waals surface area contributed by atoms with Gasteiger partial charge in [0.1, 0.15) is 0 Å². The highest BCUT2D eigenvalue weighted by molar-refractivity contribution is 6.05. The molecule has 0 spiro atoms. The topological polar surface area (TPSA) is 67.2 Å². The maximum absolute atomic E-state index is 11.1. The normalized spacial score (nSPS) is 13.6. The highest BCUT2D eigenvalue weighted by atomic mass is 16.6. The largest absolute Gasteiger partial charge is 0.381 e. The fourth-order valence-corrected chi connectivity index (χ4v) is 2.22. The van der Waals surface area contributed by atoms with Crippen molar-refractivity contribution in [2.24, 2.45) is 0 Å². The van der Waals surface area contributed by atoms with Gasteiger partial charge in [-0.2, -0.15) is 0 Å². The molecule has 2 aromatic rings. The molecule has 0 fully saturated rings. The second-order valence-electron chi connectivity index (χ2n) is 3.97. The molecule has 3 rings (SSSR count). The highest BCUT2D eigenvalue weighted by Crippen LogP contribution is 2.38. The van der Waals surface area contributed by atoms with E-state index in [1.165, 1.54) is 0 Å². The molecule has 0 atom stereocenters. The third kappa shape index (κ3) is 1.47. The van der Waals surface area contributed by atoms with E-state index in [1.54, 1.807) is 12.1 Å². The van der Waals surface area contributed by atoms with Crippen molar-refractivity contribution in [2.45, 2.75) is 0 Å². The molecule has 5 heteroatoms. The molecule has 2 aromatic carbocycles. The predicted molar refractivity (Wildman–Crippen MR) is 67.6 cm³/mol. The second kappa shape index (κ2) is 3.62. The van der Waals surface area contributed by atoms with Crippen molar-refractivity contribution in [1.82, 2.24) is 0 Å². The minimum atomic E-state index is -0.334. The summed E-state index contributed by atoms with van der Waals surface area (Å²) in [5.74, 6) is 0. The molecule has 2 N–H and O–H groups in total. The Labute approximate surface area is 97.6 Å². The Hall–Kier alpha value is -2.30. The van der Waals surface area contributed by atoms with Gasteiger partial charge < -0.3 is 10.6 Å². The first-order valence-corrected chi connectivity index (χ1v) is 5.45. The predicted octanol–water partition coefficient (Wildman–Crippen LogP) is 2.59. The lowest BCUT2D eigenvalue weighted by Gasteiger charge is -2.21. The lowest BCUT2D eigenvalue weighted by atomic mass is 10.0. The fourth-order valence-electron chi connectivity index (χ4n) is 2.22. The van der Waals surface area contributed by atoms with Gasteiger partial charge in [-0.3, -0.25) is 10.1 Å². The summed E-state index contributed by atoms with van der Waals surface area (Å²) in [4.78, 5) is 10.7. The van der Waals surface area contributed by atoms with Crippen molar-refractivity contribution >= 4 is 27.8 Å². The molecular formula is C12H11N3O2. The van der Waals surface area contributed by atoms with Crippen LogP contribution in [0.25, 0.3) is 10.8 Å². The van der Waals surface area contributed by atoms with E-state index in [2.05, 4.69) is 10.6 Å². The summed E-state index contributed by atoms with van der Waals surface area (Å²) in [5, 5.41) is 19.1. The van der Waals surface area contributed by atoms with Gasteiger partial charge in [0.15, 0.2) is 0 Å². The zero-order valence-electron chi connectivity index (χ0n) is 9.06. The fraction of sp³-hybridized carbons (Fsp3) is 0.167. The zero-order chi connectivity index (χ0) is 11.8. The Bertz CT molecular complexity index is 610. The molecule has 0 bridgehead atoms. The van der Waals surface area contributed by atoms with Crippen LogP contribution in [-0.2, 0) is 0 Å². The number of hydrogen-bond donors (Lipinski definition) is 2. The van der Waals surface area contributed by atoms with E-state index >= 15 is 0 Å². The number of hydrogen-bond acceptors (Lipinski definition) is 4. The molecule has 0 aromatic heterocycles. The lowest BCUT2D eigenvalue weighted by Crippen LogP contribution is -2.20. The number of nitrogens with one attached hydrogen (secondary N) is 2. The van der Waals surface area contributed by atoms with Crippen LogP contribution in [0.2, 0.25) is 0 Å². The standard InChI is InChI=1S/C12H11N3O2/c16-15(17)11-7-10-12(14-6-5-13-10)9-4-2-1-3-8(9)11/h1-4,7,13-14H,5-6H2. The van der Waals surface area contributed by atoms with Gasteiger partial charge in [-0.25, -0.2) is 0 Å². The van der Waals surface area contributed by atoms with Crippen LogP contribution in [0.1, 0.15) is 0 Å². The number of nitro benzene ring substituents is 1. The lowest BCUT2D eigenvalue weighted by molar-refractivity contribution is -0.383. The maximum atomic E-state index is 11.1. The van der Waals surface area contributed by atoms with E-state index in [1.807, 2.05) is 18.2 Å². The van der Waals surface area contributed by atoms with Gasteiger partial charge in [0.05, 0.1) is 21.7 Å². The number of nitrogens with zero attached hydrogens (tertiary/aromatic N) is 1. The molecule has 5 nitrogen and oxygen atoms in total. The van der Waals surface area contributed by atoms with Crippen LogP contribution in [0, 0.1) is 10.1 Å². The van der Waals surface area contributed by atoms with Crippen LogP contribution in [-0.4, -0.2) is 18.0 Å². The van der Waals surface area contributed by atoms with Gasteiger partial charge in [-0.1, -0.05) is 18.2 Å². The number of anilines is 2. The van der Waals surface area contributed by atoms with Crippen LogP contribution in [0.3, 0.4) is 0 Å². The Kier molecular flexibility index (Phi) is 2.11. The quantitative estimate of drug-likeness (QED) is 0.582. The molecule has 0 aliphatic carbocycles. The van der Waals surface area contributed by atoms with Crippen molar-refractivity contribution in [3.63, 3.8) is 0 Å². The molecule has 0 saturated carbocycles. The maximum Gasteiger partial charge on any atom is 0.279 e. The van der Waals surface area contributed by atoms with Crippen molar-refractivity contribution in [3.05, 3.63) is 40.4 Å². The van der Waals surface area contributed by atoms with E-state index < -0.39 is 0 Å². The third-order valence-electron chi connectivity index (χ3n) is 2.96. The molecule has 1 aliphatic rings. The van der Waals surface area contributed by atoms with E-state index in [-0.39, 0.29) is 10.6 Å². The van der Waals surface area contributed by atoms with Crippen LogP contribution in [0.15, 0.2) is 30.3 Å². The van der Waals surface area contributed by atoms with Crippen LogP contribution in [0.4, 0.5) is 17.1 Å². The van der Waals surface area contributed by atoms with Crippen molar-refractivity contribution in [2.75, 3.05) is 23.7 Å². The molecule has 0 amide bonds. The van der Waals surface area contributed by atoms with Gasteiger partial charge in [0.25, 0.3) is 5.69 Å². The van der Waals surface area contributed by atoms with E-state index in [4.69, 9.17) is 0 Å². The number of nitro groups is 1. The number of fused-ring (bicyclic) bond motifs is 3. The zero-order valence-corrected chi connectivity index (χ0v) is 9.06. The Morgan fingerprint density at radius 2 is 1.82 bits per heavy atom. The highest BCUT2D eigenvalue weighted by Gasteiger charge is 2.19. The van der Waals surface area contributed by atoms with Crippen molar-refractivity contribution < 1.29 is 4.92 Å². The number of rotatable bonds is 1. The first-order chi connectivity index (χ1) is 8.27. The molecule has 86 valence electrons. The smallest absolute Gasteiger partial charge is 0.279 e. The summed E-state index contributed by atoms with van der Waals surface area (Å²) in [6.45, 7) is 1.61. The molecule has 1 heterocycles. The van der Waals surface area contributed by atoms with Crippen LogP contribution < -0.4 is 10.6 Å². The summed E-state index contributed by atoms with van der Waals surface area (Å²) in [7, 11) is 0. The van der Waals surface area contributed by atoms with Crippen LogP contribution in [0.5, 0.6) is 0 Å². The average molecular weight is 229 g/mol. The molecule has 1 aliphatic heterocycles. The Morgan fingerprint density at radius 3 is 2.59 bits per heavy atom. The minimum absolute atomic E-state index is 0.149. The molecule has 0 radical (unpaired) electrons. The van der Waals surface area contributed by atoms with E-state index in [0.29, 0.717) is 5.39 Å². The summed E-state index contributed by atoms with van der Waals surface area (Å²) in [5.41, 5.74) is 1.91. The summed E-state index contributed by atoms with van der Waals surface area (Å²) < 4.78 is 0. The average Bonchev–Trinajstić information content (AvgIpc) is 2.37. The summed E-state index contributed by atoms with van der Waals surface area (Å²) >= 11 is 0. The first-order valence-electron chi connectivity index (χ1n) is 5.45. The second-order valence-corrected chi connectivity index (χ2v) is 3.97.